The zero-order valence-corrected chi connectivity index (χ0v) is 20.7. The van der Waals surface area contributed by atoms with Crippen LogP contribution < -0.4 is 10.1 Å². The maximum atomic E-state index is 11.6. The molecule has 1 N–H and O–H groups in total. The Kier molecular flexibility index (Phi) is 7.50. The van der Waals surface area contributed by atoms with Crippen LogP contribution >= 0.6 is 22.9 Å². The number of halogens is 1. The molecule has 0 amide bonds. The lowest BCUT2D eigenvalue weighted by molar-refractivity contribution is -0.134. The Balaban J connectivity index is 1.57. The van der Waals surface area contributed by atoms with E-state index in [1.807, 2.05) is 18.2 Å². The highest BCUT2D eigenvalue weighted by molar-refractivity contribution is 7.18. The molecule has 0 radical (unpaired) electrons. The minimum Gasteiger partial charge on any atom is -0.495 e. The van der Waals surface area contributed by atoms with Crippen LogP contribution in [0.1, 0.15) is 54.8 Å². The van der Waals surface area contributed by atoms with E-state index in [2.05, 4.69) is 18.3 Å². The van der Waals surface area contributed by atoms with Gasteiger partial charge in [-0.3, -0.25) is 0 Å². The van der Waals surface area contributed by atoms with Gasteiger partial charge in [0.2, 0.25) is 0 Å². The molecule has 1 aliphatic carbocycles. The Morgan fingerprint density at radius 2 is 2.03 bits per heavy atom. The van der Waals surface area contributed by atoms with Crippen LogP contribution in [0.25, 0.3) is 10.2 Å². The number of carbonyl (C=O) groups is 1. The summed E-state index contributed by atoms with van der Waals surface area (Å²) in [5.74, 6) is 2.38. The van der Waals surface area contributed by atoms with Gasteiger partial charge in [-0.15, -0.1) is 11.3 Å². The van der Waals surface area contributed by atoms with Crippen molar-refractivity contribution in [3.63, 3.8) is 0 Å². The van der Waals surface area contributed by atoms with Crippen molar-refractivity contribution in [1.82, 2.24) is 9.97 Å². The van der Waals surface area contributed by atoms with E-state index >= 15 is 0 Å². The summed E-state index contributed by atoms with van der Waals surface area (Å²) < 4.78 is 10.0. The summed E-state index contributed by atoms with van der Waals surface area (Å²) in [5.41, 5.74) is 2.19. The molecular weight excluding hydrogens is 458 g/mol. The summed E-state index contributed by atoms with van der Waals surface area (Å²) in [6.07, 6.45) is 6.16. The Labute approximate surface area is 203 Å². The molecule has 2 heterocycles. The average molecular weight is 486 g/mol. The molecule has 8 heteroatoms. The Morgan fingerprint density at radius 1 is 1.24 bits per heavy atom. The normalized spacial score (nSPS) is 16.0. The Hall–Kier alpha value is -2.64. The first-order chi connectivity index (χ1) is 16.0. The second-order valence-electron chi connectivity index (χ2n) is 8.14. The number of allylic oxidation sites excluding steroid dienone is 1. The van der Waals surface area contributed by atoms with Crippen LogP contribution in [0.15, 0.2) is 35.9 Å². The first-order valence-corrected chi connectivity index (χ1v) is 12.3. The summed E-state index contributed by atoms with van der Waals surface area (Å²) in [6.45, 7) is 2.76. The molecule has 174 valence electrons. The molecular formula is C25H28ClN3O3S. The minimum absolute atomic E-state index is 0.271. The summed E-state index contributed by atoms with van der Waals surface area (Å²) in [7, 11) is 3.02. The number of esters is 1. The van der Waals surface area contributed by atoms with Crippen LogP contribution in [-0.2, 0) is 22.5 Å². The monoisotopic (exact) mass is 485 g/mol. The number of methoxy groups -OCH3 is 2. The van der Waals surface area contributed by atoms with Crippen LogP contribution in [0.3, 0.4) is 0 Å². The number of thiophene rings is 1. The van der Waals surface area contributed by atoms with Gasteiger partial charge in [0.1, 0.15) is 22.2 Å². The fraction of sp³-hybridized carbons (Fsp3) is 0.400. The minimum atomic E-state index is -0.281. The van der Waals surface area contributed by atoms with Crippen LogP contribution in [-0.4, -0.2) is 30.2 Å². The van der Waals surface area contributed by atoms with Gasteiger partial charge in [0.05, 0.1) is 24.6 Å². The lowest BCUT2D eigenvalue weighted by atomic mass is 9.85. The van der Waals surface area contributed by atoms with Crippen molar-refractivity contribution >= 4 is 44.9 Å². The quantitative estimate of drug-likeness (QED) is 0.313. The summed E-state index contributed by atoms with van der Waals surface area (Å²) >= 11 is 8.03. The fourth-order valence-electron chi connectivity index (χ4n) is 4.10. The number of nitrogens with zero attached hydrogens (tertiary/aromatic N) is 2. The topological polar surface area (TPSA) is 73.3 Å². The standard InChI is InChI=1S/C25H28ClN3O3S/c1-4-18-13-19-24(27-14-16-7-10-21(31-2)20(26)11-16)28-23(29-25(19)33-18)17-8-5-15(6-9-17)12-22(30)32-3/h7,10-13,17H,4-6,8-9,14H2,1-3H3,(H,27,28,29). The fourth-order valence-corrected chi connectivity index (χ4v) is 5.36. The average Bonchev–Trinajstić information content (AvgIpc) is 3.26. The number of benzene rings is 1. The van der Waals surface area contributed by atoms with Crippen molar-refractivity contribution < 1.29 is 14.3 Å². The molecule has 3 aromatic rings. The van der Waals surface area contributed by atoms with E-state index in [0.29, 0.717) is 17.3 Å². The molecule has 33 heavy (non-hydrogen) atoms. The zero-order chi connectivity index (χ0) is 23.4. The van der Waals surface area contributed by atoms with E-state index in [1.165, 1.54) is 12.0 Å². The van der Waals surface area contributed by atoms with E-state index in [0.717, 1.165) is 65.1 Å². The first kappa shape index (κ1) is 23.5. The van der Waals surface area contributed by atoms with Crippen molar-refractivity contribution in [1.29, 1.82) is 0 Å². The van der Waals surface area contributed by atoms with Gasteiger partial charge in [0.15, 0.2) is 0 Å². The van der Waals surface area contributed by atoms with Gasteiger partial charge in [-0.25, -0.2) is 14.8 Å². The van der Waals surface area contributed by atoms with E-state index < -0.39 is 0 Å². The van der Waals surface area contributed by atoms with Crippen LogP contribution in [0, 0.1) is 0 Å². The van der Waals surface area contributed by atoms with Crippen molar-refractivity contribution in [2.45, 2.75) is 51.5 Å². The summed E-state index contributed by atoms with van der Waals surface area (Å²) in [6, 6.07) is 7.97. The van der Waals surface area contributed by atoms with Crippen molar-refractivity contribution in [2.24, 2.45) is 0 Å². The molecule has 1 saturated carbocycles. The Bertz CT molecular complexity index is 1180. The second kappa shape index (κ2) is 10.5. The highest BCUT2D eigenvalue weighted by atomic mass is 35.5. The van der Waals surface area contributed by atoms with Gasteiger partial charge in [-0.2, -0.15) is 0 Å². The molecule has 0 aliphatic heterocycles. The number of anilines is 1. The zero-order valence-electron chi connectivity index (χ0n) is 19.1. The number of aromatic nitrogens is 2. The van der Waals surface area contributed by atoms with Crippen LogP contribution in [0.4, 0.5) is 5.82 Å². The number of hydrogen-bond acceptors (Lipinski definition) is 7. The summed E-state index contributed by atoms with van der Waals surface area (Å²) in [4.78, 5) is 23.8. The third kappa shape index (κ3) is 5.47. The third-order valence-electron chi connectivity index (χ3n) is 6.00. The van der Waals surface area contributed by atoms with E-state index in [4.69, 9.17) is 31.0 Å². The van der Waals surface area contributed by atoms with Gasteiger partial charge < -0.3 is 14.8 Å². The number of aryl methyl sites for hydroxylation is 1. The smallest absolute Gasteiger partial charge is 0.330 e. The SMILES string of the molecule is CCc1cc2c(NCc3ccc(OC)c(Cl)c3)nc(C3CCC(=CC(=O)OC)CC3)nc2s1. The number of hydrogen-bond donors (Lipinski definition) is 1. The van der Waals surface area contributed by atoms with E-state index in [-0.39, 0.29) is 11.9 Å². The maximum Gasteiger partial charge on any atom is 0.330 e. The van der Waals surface area contributed by atoms with E-state index in [9.17, 15) is 4.79 Å². The van der Waals surface area contributed by atoms with Crippen molar-refractivity contribution in [2.75, 3.05) is 19.5 Å². The molecule has 0 saturated heterocycles. The van der Waals surface area contributed by atoms with Gasteiger partial charge >= 0.3 is 5.97 Å². The molecule has 1 fully saturated rings. The predicted octanol–water partition coefficient (Wildman–Crippen LogP) is 6.28. The largest absolute Gasteiger partial charge is 0.495 e. The maximum absolute atomic E-state index is 11.6. The second-order valence-corrected chi connectivity index (χ2v) is 9.66. The van der Waals surface area contributed by atoms with E-state index in [1.54, 1.807) is 24.5 Å². The molecule has 0 bridgehead atoms. The first-order valence-electron chi connectivity index (χ1n) is 11.1. The number of fused-ring (bicyclic) bond motifs is 1. The van der Waals surface area contributed by atoms with Gasteiger partial charge in [0.25, 0.3) is 0 Å². The van der Waals surface area contributed by atoms with Gasteiger partial charge in [0, 0.05) is 23.4 Å². The molecule has 4 rings (SSSR count). The molecule has 1 aromatic carbocycles. The number of rotatable bonds is 7. The third-order valence-corrected chi connectivity index (χ3v) is 7.47. The molecule has 0 atom stereocenters. The van der Waals surface area contributed by atoms with Crippen LogP contribution in [0.2, 0.25) is 5.02 Å². The highest BCUT2D eigenvalue weighted by Crippen LogP contribution is 2.37. The number of carbonyl (C=O) groups excluding carboxylic acids is 1. The number of nitrogens with one attached hydrogen (secondary N) is 1. The van der Waals surface area contributed by atoms with Crippen molar-refractivity contribution in [3.8, 4) is 5.75 Å². The number of ether oxygens (including phenoxy) is 2. The molecule has 0 unspecified atom stereocenters. The highest BCUT2D eigenvalue weighted by Gasteiger charge is 2.23. The summed E-state index contributed by atoms with van der Waals surface area (Å²) in [5, 5.41) is 5.16. The van der Waals surface area contributed by atoms with Gasteiger partial charge in [-0.1, -0.05) is 30.2 Å². The van der Waals surface area contributed by atoms with Crippen molar-refractivity contribution in [3.05, 3.63) is 57.2 Å². The lowest BCUT2D eigenvalue weighted by Gasteiger charge is -2.23. The molecule has 0 spiro atoms. The lowest BCUT2D eigenvalue weighted by Crippen LogP contribution is -2.13. The molecule has 2 aromatic heterocycles. The predicted molar refractivity (Wildman–Crippen MR) is 133 cm³/mol. The Morgan fingerprint density at radius 3 is 2.70 bits per heavy atom. The van der Waals surface area contributed by atoms with Crippen LogP contribution in [0.5, 0.6) is 5.75 Å². The molecule has 1 aliphatic rings. The molecule has 6 nitrogen and oxygen atoms in total. The van der Waals surface area contributed by atoms with Gasteiger partial charge in [-0.05, 0) is 55.9 Å².